The fourth-order valence-corrected chi connectivity index (χ4v) is 10.3. The highest BCUT2D eigenvalue weighted by atomic mass is 16.4. The number of fused-ring (bicyclic) bond motifs is 5. The van der Waals surface area contributed by atoms with E-state index in [-0.39, 0.29) is 23.0 Å². The van der Waals surface area contributed by atoms with Crippen LogP contribution in [0.3, 0.4) is 0 Å². The molecule has 0 amide bonds. The van der Waals surface area contributed by atoms with Crippen LogP contribution in [0.5, 0.6) is 0 Å². The molecule has 4 nitrogen and oxygen atoms in total. The van der Waals surface area contributed by atoms with Crippen LogP contribution in [0.25, 0.3) is 6.08 Å². The van der Waals surface area contributed by atoms with Gasteiger partial charge in [0.05, 0.1) is 17.8 Å². The zero-order valence-corrected chi connectivity index (χ0v) is 23.3. The highest BCUT2D eigenvalue weighted by Crippen LogP contribution is 2.69. The SMILES string of the molecule is CC[C@H]1[C@@H](O)C2C3CCC([C@H](C)C/C=C/c4cccc(C(=O)O)c4)[C@@]3(C)CCC2[C@@]2(C)CC[C@@H](O)C[C@@H]12. The topological polar surface area (TPSA) is 77.8 Å². The highest BCUT2D eigenvalue weighted by molar-refractivity contribution is 5.88. The summed E-state index contributed by atoms with van der Waals surface area (Å²) in [5.41, 5.74) is 1.80. The third-order valence-electron chi connectivity index (χ3n) is 12.1. The van der Waals surface area contributed by atoms with Gasteiger partial charge in [-0.2, -0.15) is 0 Å². The molecule has 0 bridgehead atoms. The van der Waals surface area contributed by atoms with Gasteiger partial charge in [0.25, 0.3) is 0 Å². The van der Waals surface area contributed by atoms with Crippen molar-refractivity contribution in [2.75, 3.05) is 0 Å². The first-order valence-corrected chi connectivity index (χ1v) is 15.0. The molecule has 0 aromatic heterocycles. The lowest BCUT2D eigenvalue weighted by Gasteiger charge is -2.64. The molecule has 0 spiro atoms. The maximum atomic E-state index is 11.9. The van der Waals surface area contributed by atoms with E-state index in [1.807, 2.05) is 12.1 Å². The van der Waals surface area contributed by atoms with Gasteiger partial charge in [-0.15, -0.1) is 0 Å². The molecule has 1 aromatic rings. The van der Waals surface area contributed by atoms with E-state index in [2.05, 4.69) is 39.8 Å². The van der Waals surface area contributed by atoms with Crippen LogP contribution in [0.15, 0.2) is 30.3 Å². The van der Waals surface area contributed by atoms with Gasteiger partial charge in [-0.1, -0.05) is 58.4 Å². The largest absolute Gasteiger partial charge is 0.478 e. The molecule has 0 saturated heterocycles. The first-order valence-electron chi connectivity index (χ1n) is 15.0. The molecule has 4 unspecified atom stereocenters. The number of allylic oxidation sites excluding steroid dienone is 1. The van der Waals surface area contributed by atoms with E-state index in [1.54, 1.807) is 12.1 Å². The maximum Gasteiger partial charge on any atom is 0.335 e. The maximum absolute atomic E-state index is 11.9. The van der Waals surface area contributed by atoms with E-state index in [0.29, 0.717) is 47.0 Å². The predicted molar refractivity (Wildman–Crippen MR) is 148 cm³/mol. The lowest BCUT2D eigenvalue weighted by Crippen LogP contribution is -2.62. The second-order valence-corrected chi connectivity index (χ2v) is 13.7. The first kappa shape index (κ1) is 26.9. The Kier molecular flexibility index (Phi) is 7.39. The molecule has 0 heterocycles. The number of aromatic carboxylic acids is 1. The lowest BCUT2D eigenvalue weighted by molar-refractivity contribution is -0.203. The van der Waals surface area contributed by atoms with Crippen molar-refractivity contribution in [3.8, 4) is 0 Å². The van der Waals surface area contributed by atoms with Crippen molar-refractivity contribution in [1.29, 1.82) is 0 Å². The number of rotatable bonds is 6. The van der Waals surface area contributed by atoms with Gasteiger partial charge in [0.1, 0.15) is 0 Å². The molecule has 5 rings (SSSR count). The molecular formula is C33H48O4. The van der Waals surface area contributed by atoms with Gasteiger partial charge >= 0.3 is 5.97 Å². The van der Waals surface area contributed by atoms with Crippen LogP contribution in [0.1, 0.15) is 101 Å². The Balaban J connectivity index is 1.33. The van der Waals surface area contributed by atoms with Crippen LogP contribution in [-0.4, -0.2) is 33.5 Å². The number of carbonyl (C=O) groups is 1. The Bertz CT molecular complexity index is 1020. The number of carboxylic acids is 1. The number of aliphatic hydroxyl groups excluding tert-OH is 2. The van der Waals surface area contributed by atoms with E-state index in [4.69, 9.17) is 0 Å². The summed E-state index contributed by atoms with van der Waals surface area (Å²) in [5, 5.41) is 31.7. The Morgan fingerprint density at radius 1 is 1.05 bits per heavy atom. The zero-order valence-electron chi connectivity index (χ0n) is 23.3. The minimum Gasteiger partial charge on any atom is -0.478 e. The van der Waals surface area contributed by atoms with Crippen molar-refractivity contribution >= 4 is 12.0 Å². The molecule has 0 aliphatic heterocycles. The molecule has 4 saturated carbocycles. The summed E-state index contributed by atoms with van der Waals surface area (Å²) < 4.78 is 0. The van der Waals surface area contributed by atoms with Crippen molar-refractivity contribution in [1.82, 2.24) is 0 Å². The Hall–Kier alpha value is -1.65. The number of hydrogen-bond acceptors (Lipinski definition) is 3. The third kappa shape index (κ3) is 4.50. The van der Waals surface area contributed by atoms with Crippen molar-refractivity contribution in [3.05, 3.63) is 41.5 Å². The van der Waals surface area contributed by atoms with Crippen LogP contribution in [-0.2, 0) is 0 Å². The third-order valence-corrected chi connectivity index (χ3v) is 12.1. The number of benzene rings is 1. The first-order chi connectivity index (χ1) is 17.6. The van der Waals surface area contributed by atoms with Gasteiger partial charge in [-0.3, -0.25) is 0 Å². The molecule has 4 heteroatoms. The molecule has 11 atom stereocenters. The minimum absolute atomic E-state index is 0.193. The van der Waals surface area contributed by atoms with Gasteiger partial charge < -0.3 is 15.3 Å². The number of carboxylic acid groups (broad SMARTS) is 1. The second kappa shape index (κ2) is 10.2. The predicted octanol–water partition coefficient (Wildman–Crippen LogP) is 7.05. The number of aliphatic hydroxyl groups is 2. The van der Waals surface area contributed by atoms with Crippen molar-refractivity contribution in [3.63, 3.8) is 0 Å². The Morgan fingerprint density at radius 2 is 1.78 bits per heavy atom. The zero-order chi connectivity index (χ0) is 26.5. The summed E-state index contributed by atoms with van der Waals surface area (Å²) in [6.45, 7) is 9.69. The fraction of sp³-hybridized carbons (Fsp3) is 0.727. The van der Waals surface area contributed by atoms with Gasteiger partial charge in [0, 0.05) is 0 Å². The summed E-state index contributed by atoms with van der Waals surface area (Å²) in [6, 6.07) is 7.16. The Morgan fingerprint density at radius 3 is 2.51 bits per heavy atom. The van der Waals surface area contributed by atoms with E-state index in [9.17, 15) is 20.1 Å². The molecular weight excluding hydrogens is 460 g/mol. The lowest BCUT2D eigenvalue weighted by atomic mass is 9.41. The van der Waals surface area contributed by atoms with Gasteiger partial charge in [-0.25, -0.2) is 4.79 Å². The second-order valence-electron chi connectivity index (χ2n) is 13.7. The molecule has 3 N–H and O–H groups in total. The van der Waals surface area contributed by atoms with Gasteiger partial charge in [0.15, 0.2) is 0 Å². The minimum atomic E-state index is -0.885. The molecule has 204 valence electrons. The molecule has 1 aromatic carbocycles. The van der Waals surface area contributed by atoms with Crippen molar-refractivity contribution < 1.29 is 20.1 Å². The summed E-state index contributed by atoms with van der Waals surface area (Å²) in [6.07, 6.45) is 13.7. The van der Waals surface area contributed by atoms with E-state index in [0.717, 1.165) is 37.7 Å². The molecule has 4 aliphatic carbocycles. The van der Waals surface area contributed by atoms with Crippen LogP contribution >= 0.6 is 0 Å². The van der Waals surface area contributed by atoms with E-state index >= 15 is 0 Å². The number of hydrogen-bond donors (Lipinski definition) is 3. The van der Waals surface area contributed by atoms with Crippen LogP contribution < -0.4 is 0 Å². The average Bonchev–Trinajstić information content (AvgIpc) is 3.22. The summed E-state index contributed by atoms with van der Waals surface area (Å²) in [7, 11) is 0. The standard InChI is InChI=1S/C33H48O4/c1-5-24-28-19-23(34)14-16-33(28,4)27-15-17-32(3)25(12-13-26(32)29(27)30(24)35)20(2)8-6-9-21-10-7-11-22(18-21)31(36)37/h6-7,9-11,18,20,23-30,34-35H,5,8,12-17,19H2,1-4H3,(H,36,37)/b9-6+/t20-,23-,24-,25?,26?,27?,28+,29?,30-,32-,33-/m1/s1. The molecule has 0 radical (unpaired) electrons. The normalized spacial score (nSPS) is 44.2. The van der Waals surface area contributed by atoms with E-state index < -0.39 is 5.97 Å². The summed E-state index contributed by atoms with van der Waals surface area (Å²) in [5.74, 6) is 2.64. The van der Waals surface area contributed by atoms with Crippen molar-refractivity contribution in [2.24, 2.45) is 52.3 Å². The van der Waals surface area contributed by atoms with E-state index in [1.165, 1.54) is 25.7 Å². The average molecular weight is 509 g/mol. The van der Waals surface area contributed by atoms with Gasteiger partial charge in [-0.05, 0) is 121 Å². The summed E-state index contributed by atoms with van der Waals surface area (Å²) >= 11 is 0. The summed E-state index contributed by atoms with van der Waals surface area (Å²) in [4.78, 5) is 11.3. The molecule has 37 heavy (non-hydrogen) atoms. The van der Waals surface area contributed by atoms with Crippen LogP contribution in [0.2, 0.25) is 0 Å². The monoisotopic (exact) mass is 508 g/mol. The highest BCUT2D eigenvalue weighted by Gasteiger charge is 2.64. The quantitative estimate of drug-likeness (QED) is 0.385. The van der Waals surface area contributed by atoms with Gasteiger partial charge in [0.2, 0.25) is 0 Å². The van der Waals surface area contributed by atoms with Crippen LogP contribution in [0, 0.1) is 52.3 Å². The molecule has 4 aliphatic rings. The fourth-order valence-electron chi connectivity index (χ4n) is 10.3. The van der Waals surface area contributed by atoms with Crippen LogP contribution in [0.4, 0.5) is 0 Å². The molecule has 4 fully saturated rings. The smallest absolute Gasteiger partial charge is 0.335 e. The van der Waals surface area contributed by atoms with Crippen molar-refractivity contribution in [2.45, 2.75) is 97.7 Å². The Labute approximate surface area is 223 Å².